The molecule has 0 aromatic heterocycles. The maximum atomic E-state index is 13.2. The Labute approximate surface area is 131 Å². The van der Waals surface area contributed by atoms with Crippen LogP contribution in [0.5, 0.6) is 11.5 Å². The van der Waals surface area contributed by atoms with Crippen molar-refractivity contribution < 1.29 is 18.7 Å². The normalized spacial score (nSPS) is 10.3. The lowest BCUT2D eigenvalue weighted by Gasteiger charge is -2.10. The van der Waals surface area contributed by atoms with Crippen molar-refractivity contribution in [2.24, 2.45) is 0 Å². The number of ether oxygens (including phenoxy) is 2. The SMILES string of the molecule is COc1ccc(F)cc1C(=O)COc1ccc(Cl)cc1Cl. The fourth-order valence-electron chi connectivity index (χ4n) is 1.71. The van der Waals surface area contributed by atoms with Crippen LogP contribution in [0.25, 0.3) is 0 Å². The Bertz CT molecular complexity index is 674. The molecule has 0 unspecified atom stereocenters. The number of hydrogen-bond acceptors (Lipinski definition) is 3. The van der Waals surface area contributed by atoms with E-state index in [1.807, 2.05) is 0 Å². The number of halogens is 3. The molecule has 0 aliphatic carbocycles. The lowest BCUT2D eigenvalue weighted by atomic mass is 10.1. The van der Waals surface area contributed by atoms with Gasteiger partial charge in [0.1, 0.15) is 17.3 Å². The highest BCUT2D eigenvalue weighted by molar-refractivity contribution is 6.35. The Kier molecular flexibility index (Phi) is 5.04. The third kappa shape index (κ3) is 3.86. The quantitative estimate of drug-likeness (QED) is 0.763. The van der Waals surface area contributed by atoms with Crippen LogP contribution in [0.4, 0.5) is 4.39 Å². The van der Waals surface area contributed by atoms with Crippen LogP contribution in [0.2, 0.25) is 10.0 Å². The molecule has 110 valence electrons. The zero-order chi connectivity index (χ0) is 15.4. The fourth-order valence-corrected chi connectivity index (χ4v) is 2.17. The first-order valence-corrected chi connectivity index (χ1v) is 6.71. The van der Waals surface area contributed by atoms with E-state index in [1.165, 1.54) is 25.3 Å². The summed E-state index contributed by atoms with van der Waals surface area (Å²) in [6, 6.07) is 8.36. The van der Waals surface area contributed by atoms with Crippen molar-refractivity contribution in [1.29, 1.82) is 0 Å². The molecule has 0 bridgehead atoms. The molecule has 0 radical (unpaired) electrons. The lowest BCUT2D eigenvalue weighted by molar-refractivity contribution is 0.0918. The summed E-state index contributed by atoms with van der Waals surface area (Å²) in [4.78, 5) is 12.1. The monoisotopic (exact) mass is 328 g/mol. The predicted molar refractivity (Wildman–Crippen MR) is 79.2 cm³/mol. The van der Waals surface area contributed by atoms with Crippen LogP contribution in [0.15, 0.2) is 36.4 Å². The molecule has 0 spiro atoms. The lowest BCUT2D eigenvalue weighted by Crippen LogP contribution is -2.13. The van der Waals surface area contributed by atoms with Crippen LogP contribution < -0.4 is 9.47 Å². The number of hydrogen-bond donors (Lipinski definition) is 0. The maximum Gasteiger partial charge on any atom is 0.204 e. The minimum atomic E-state index is -0.524. The Morgan fingerprint density at radius 1 is 1.14 bits per heavy atom. The molecule has 0 aliphatic rings. The Hall–Kier alpha value is -1.78. The Morgan fingerprint density at radius 2 is 1.86 bits per heavy atom. The van der Waals surface area contributed by atoms with Crippen molar-refractivity contribution >= 4 is 29.0 Å². The van der Waals surface area contributed by atoms with Gasteiger partial charge in [-0.1, -0.05) is 23.2 Å². The van der Waals surface area contributed by atoms with Gasteiger partial charge in [0.05, 0.1) is 17.7 Å². The number of rotatable bonds is 5. The van der Waals surface area contributed by atoms with Gasteiger partial charge in [-0.25, -0.2) is 4.39 Å². The van der Waals surface area contributed by atoms with E-state index in [0.29, 0.717) is 15.8 Å². The molecule has 0 heterocycles. The summed E-state index contributed by atoms with van der Waals surface area (Å²) in [6.45, 7) is -0.291. The molecule has 6 heteroatoms. The number of Topliss-reactive ketones (excluding diaryl/α,β-unsaturated/α-hetero) is 1. The average Bonchev–Trinajstić information content (AvgIpc) is 2.46. The van der Waals surface area contributed by atoms with E-state index in [0.717, 1.165) is 6.07 Å². The second-order valence-corrected chi connectivity index (χ2v) is 4.97. The van der Waals surface area contributed by atoms with Gasteiger partial charge in [-0.3, -0.25) is 4.79 Å². The number of methoxy groups -OCH3 is 1. The van der Waals surface area contributed by atoms with E-state index >= 15 is 0 Å². The van der Waals surface area contributed by atoms with E-state index in [2.05, 4.69) is 0 Å². The zero-order valence-electron chi connectivity index (χ0n) is 11.0. The molecule has 0 fully saturated rings. The van der Waals surface area contributed by atoms with E-state index in [-0.39, 0.29) is 17.9 Å². The molecule has 0 atom stereocenters. The van der Waals surface area contributed by atoms with Crippen molar-refractivity contribution in [3.05, 3.63) is 57.8 Å². The largest absolute Gasteiger partial charge is 0.496 e. The first-order valence-electron chi connectivity index (χ1n) is 5.96. The van der Waals surface area contributed by atoms with Gasteiger partial charge < -0.3 is 9.47 Å². The highest BCUT2D eigenvalue weighted by atomic mass is 35.5. The molecule has 0 amide bonds. The standard InChI is InChI=1S/C15H11Cl2FO3/c1-20-14-5-3-10(18)7-11(14)13(19)8-21-15-4-2-9(16)6-12(15)17/h2-7H,8H2,1H3. The highest BCUT2D eigenvalue weighted by Crippen LogP contribution is 2.28. The molecule has 2 aromatic rings. The Balaban J connectivity index is 2.13. The Morgan fingerprint density at radius 3 is 2.52 bits per heavy atom. The van der Waals surface area contributed by atoms with E-state index < -0.39 is 11.6 Å². The molecule has 2 aromatic carbocycles. The van der Waals surface area contributed by atoms with Gasteiger partial charge in [-0.05, 0) is 36.4 Å². The van der Waals surface area contributed by atoms with Crippen LogP contribution in [0.1, 0.15) is 10.4 Å². The van der Waals surface area contributed by atoms with Crippen molar-refractivity contribution in [2.45, 2.75) is 0 Å². The van der Waals surface area contributed by atoms with Crippen LogP contribution in [-0.2, 0) is 0 Å². The van der Waals surface area contributed by atoms with Gasteiger partial charge in [0.15, 0.2) is 6.61 Å². The molecular formula is C15H11Cl2FO3. The molecule has 3 nitrogen and oxygen atoms in total. The van der Waals surface area contributed by atoms with Crippen LogP contribution >= 0.6 is 23.2 Å². The van der Waals surface area contributed by atoms with Gasteiger partial charge in [-0.15, -0.1) is 0 Å². The van der Waals surface area contributed by atoms with Crippen LogP contribution in [0.3, 0.4) is 0 Å². The topological polar surface area (TPSA) is 35.5 Å². The van der Waals surface area contributed by atoms with Gasteiger partial charge in [0.25, 0.3) is 0 Å². The van der Waals surface area contributed by atoms with Gasteiger partial charge in [-0.2, -0.15) is 0 Å². The molecule has 21 heavy (non-hydrogen) atoms. The molecule has 0 aliphatic heterocycles. The van der Waals surface area contributed by atoms with Crippen LogP contribution in [-0.4, -0.2) is 19.5 Å². The summed E-state index contributed by atoms with van der Waals surface area (Å²) in [6.07, 6.45) is 0. The number of carbonyl (C=O) groups is 1. The minimum Gasteiger partial charge on any atom is -0.496 e. The van der Waals surface area contributed by atoms with Gasteiger partial charge in [0, 0.05) is 5.02 Å². The first kappa shape index (κ1) is 15.6. The van der Waals surface area contributed by atoms with E-state index in [9.17, 15) is 9.18 Å². The molecule has 0 saturated heterocycles. The fraction of sp³-hybridized carbons (Fsp3) is 0.133. The van der Waals surface area contributed by atoms with E-state index in [1.54, 1.807) is 12.1 Å². The molecule has 2 rings (SSSR count). The van der Waals surface area contributed by atoms with E-state index in [4.69, 9.17) is 32.7 Å². The zero-order valence-corrected chi connectivity index (χ0v) is 12.5. The smallest absolute Gasteiger partial charge is 0.204 e. The predicted octanol–water partition coefficient (Wildman–Crippen LogP) is 4.40. The summed E-state index contributed by atoms with van der Waals surface area (Å²) in [5, 5.41) is 0.756. The van der Waals surface area contributed by atoms with Crippen molar-refractivity contribution in [1.82, 2.24) is 0 Å². The molecular weight excluding hydrogens is 318 g/mol. The third-order valence-electron chi connectivity index (χ3n) is 2.71. The summed E-state index contributed by atoms with van der Waals surface area (Å²) in [5.74, 6) is -0.335. The van der Waals surface area contributed by atoms with Crippen molar-refractivity contribution in [3.8, 4) is 11.5 Å². The average molecular weight is 329 g/mol. The third-order valence-corrected chi connectivity index (χ3v) is 3.25. The highest BCUT2D eigenvalue weighted by Gasteiger charge is 2.15. The minimum absolute atomic E-state index is 0.114. The second-order valence-electron chi connectivity index (χ2n) is 4.13. The van der Waals surface area contributed by atoms with Crippen molar-refractivity contribution in [3.63, 3.8) is 0 Å². The number of carbonyl (C=O) groups excluding carboxylic acids is 1. The number of benzene rings is 2. The van der Waals surface area contributed by atoms with Gasteiger partial charge >= 0.3 is 0 Å². The van der Waals surface area contributed by atoms with Crippen molar-refractivity contribution in [2.75, 3.05) is 13.7 Å². The summed E-state index contributed by atoms with van der Waals surface area (Å²) in [5.41, 5.74) is 0.114. The summed E-state index contributed by atoms with van der Waals surface area (Å²) >= 11 is 11.7. The first-order chi connectivity index (χ1) is 10.0. The maximum absolute atomic E-state index is 13.2. The number of ketones is 1. The molecule has 0 saturated carbocycles. The van der Waals surface area contributed by atoms with Crippen LogP contribution in [0, 0.1) is 5.82 Å². The molecule has 0 N–H and O–H groups in total. The van der Waals surface area contributed by atoms with Gasteiger partial charge in [0.2, 0.25) is 5.78 Å². The summed E-state index contributed by atoms with van der Waals surface area (Å²) in [7, 11) is 1.40. The summed E-state index contributed by atoms with van der Waals surface area (Å²) < 4.78 is 23.6. The second kappa shape index (κ2) is 6.78.